The van der Waals surface area contributed by atoms with Crippen LogP contribution in [0.4, 0.5) is 11.4 Å². The van der Waals surface area contributed by atoms with Gasteiger partial charge in [-0.3, -0.25) is 9.59 Å². The van der Waals surface area contributed by atoms with Crippen LogP contribution in [0, 0.1) is 0 Å². The highest BCUT2D eigenvalue weighted by molar-refractivity contribution is 6.37. The van der Waals surface area contributed by atoms with Crippen molar-refractivity contribution in [3.05, 3.63) is 82.9 Å². The van der Waals surface area contributed by atoms with Crippen LogP contribution in [0.5, 0.6) is 11.5 Å². The van der Waals surface area contributed by atoms with Gasteiger partial charge in [-0.1, -0.05) is 12.1 Å². The van der Waals surface area contributed by atoms with Crippen molar-refractivity contribution in [2.24, 2.45) is 0 Å². The number of ketones is 1. The molecule has 0 unspecified atom stereocenters. The van der Waals surface area contributed by atoms with E-state index in [0.717, 1.165) is 12.2 Å². The maximum Gasteiger partial charge on any atom is 0.258 e. The average molecular weight is 472 g/mol. The minimum Gasteiger partial charge on any atom is -0.497 e. The van der Waals surface area contributed by atoms with E-state index in [9.17, 15) is 9.59 Å². The fourth-order valence-corrected chi connectivity index (χ4v) is 4.07. The molecule has 7 nitrogen and oxygen atoms in total. The fourth-order valence-electron chi connectivity index (χ4n) is 4.07. The first-order chi connectivity index (χ1) is 16.8. The van der Waals surface area contributed by atoms with Gasteiger partial charge in [0, 0.05) is 40.7 Å². The lowest BCUT2D eigenvalue weighted by molar-refractivity contribution is -0.110. The summed E-state index contributed by atoms with van der Waals surface area (Å²) in [5, 5.41) is 6.37. The van der Waals surface area contributed by atoms with Crippen molar-refractivity contribution in [3.8, 4) is 11.5 Å². The predicted octanol–water partition coefficient (Wildman–Crippen LogP) is 4.90. The molecule has 0 fully saturated rings. The molecule has 1 aliphatic rings. The summed E-state index contributed by atoms with van der Waals surface area (Å²) in [7, 11) is 7.21. The van der Waals surface area contributed by atoms with Crippen LogP contribution in [0.1, 0.15) is 34.0 Å². The molecule has 7 heteroatoms. The van der Waals surface area contributed by atoms with E-state index in [1.807, 2.05) is 50.5 Å². The number of amides is 1. The summed E-state index contributed by atoms with van der Waals surface area (Å²) in [5.41, 5.74) is 5.59. The molecule has 0 radical (unpaired) electrons. The van der Waals surface area contributed by atoms with Gasteiger partial charge >= 0.3 is 0 Å². The highest BCUT2D eigenvalue weighted by Crippen LogP contribution is 2.39. The van der Waals surface area contributed by atoms with E-state index in [2.05, 4.69) is 15.5 Å². The molecule has 3 aromatic carbocycles. The van der Waals surface area contributed by atoms with Gasteiger partial charge in [-0.15, -0.1) is 0 Å². The number of fused-ring (bicyclic) bond motifs is 1. The Labute approximate surface area is 205 Å². The van der Waals surface area contributed by atoms with Gasteiger partial charge in [-0.2, -0.15) is 0 Å². The third kappa shape index (κ3) is 5.20. The molecule has 1 amide bonds. The molecule has 0 spiro atoms. The number of nitrogens with zero attached hydrogens (tertiary/aromatic N) is 1. The highest BCUT2D eigenvalue weighted by atomic mass is 16.5. The lowest BCUT2D eigenvalue weighted by Gasteiger charge is -2.17. The number of methoxy groups -OCH3 is 2. The molecule has 3 aromatic rings. The highest BCUT2D eigenvalue weighted by Gasteiger charge is 2.29. The number of Topliss-reactive ketones (excluding diaryl/α,β-unsaturated/α-hetero) is 1. The van der Waals surface area contributed by atoms with E-state index in [4.69, 9.17) is 9.47 Å². The van der Waals surface area contributed by atoms with Gasteiger partial charge in [0.15, 0.2) is 5.78 Å². The molecule has 0 bridgehead atoms. The molecule has 35 heavy (non-hydrogen) atoms. The fraction of sp³-hybridized carbons (Fsp3) is 0.214. The molecule has 0 atom stereocenters. The minimum atomic E-state index is -0.255. The van der Waals surface area contributed by atoms with Crippen molar-refractivity contribution in [2.45, 2.75) is 13.5 Å². The van der Waals surface area contributed by atoms with Crippen LogP contribution in [-0.4, -0.2) is 44.9 Å². The van der Waals surface area contributed by atoms with Gasteiger partial charge in [0.1, 0.15) is 11.5 Å². The predicted molar refractivity (Wildman–Crippen MR) is 139 cm³/mol. The number of hydrogen-bond donors (Lipinski definition) is 2. The number of carbonyl (C=O) groups is 2. The summed E-state index contributed by atoms with van der Waals surface area (Å²) >= 11 is 0. The van der Waals surface area contributed by atoms with E-state index >= 15 is 0 Å². The van der Waals surface area contributed by atoms with Gasteiger partial charge in [0.25, 0.3) is 5.91 Å². The number of hydrogen-bond acceptors (Lipinski definition) is 6. The van der Waals surface area contributed by atoms with Crippen molar-refractivity contribution in [1.82, 2.24) is 4.90 Å². The van der Waals surface area contributed by atoms with Crippen molar-refractivity contribution < 1.29 is 19.1 Å². The zero-order chi connectivity index (χ0) is 25.1. The first kappa shape index (κ1) is 24.0. The summed E-state index contributed by atoms with van der Waals surface area (Å²) in [6.45, 7) is 2.33. The molecule has 4 rings (SSSR count). The summed E-state index contributed by atoms with van der Waals surface area (Å²) in [6, 6.07) is 18.8. The van der Waals surface area contributed by atoms with Crippen molar-refractivity contribution in [3.63, 3.8) is 0 Å². The first-order valence-corrected chi connectivity index (χ1v) is 11.2. The van der Waals surface area contributed by atoms with E-state index < -0.39 is 0 Å². The quantitative estimate of drug-likeness (QED) is 0.359. The Hall–Kier alpha value is -4.10. The second-order valence-corrected chi connectivity index (χ2v) is 8.68. The van der Waals surface area contributed by atoms with Gasteiger partial charge in [-0.05, 0) is 69.0 Å². The molecule has 0 aromatic heterocycles. The smallest absolute Gasteiger partial charge is 0.258 e. The van der Waals surface area contributed by atoms with Crippen LogP contribution in [0.15, 0.2) is 60.7 Å². The molecule has 0 saturated heterocycles. The third-order valence-corrected chi connectivity index (χ3v) is 5.78. The van der Waals surface area contributed by atoms with Gasteiger partial charge < -0.3 is 25.0 Å². The van der Waals surface area contributed by atoms with Crippen LogP contribution in [-0.2, 0) is 11.3 Å². The minimum absolute atomic E-state index is 0.0689. The lowest BCUT2D eigenvalue weighted by atomic mass is 9.97. The Kier molecular flexibility index (Phi) is 6.89. The standard InChI is InChI=1S/C28H29N3O4/c1-17(32)19-8-11-25-24(14-19)26(28(33)30-25)27(20-12-22(34-4)15-23(13-20)35-5)29-21-9-6-18(7-10-21)16-31(2)3/h6-15,29H,16H2,1-5H3,(H,30,33). The largest absolute Gasteiger partial charge is 0.497 e. The summed E-state index contributed by atoms with van der Waals surface area (Å²) < 4.78 is 11.0. The Morgan fingerprint density at radius 3 is 2.14 bits per heavy atom. The molecule has 2 N–H and O–H groups in total. The number of nitrogens with one attached hydrogen (secondary N) is 2. The van der Waals surface area contributed by atoms with Gasteiger partial charge in [0.05, 0.1) is 25.5 Å². The average Bonchev–Trinajstić information content (AvgIpc) is 3.17. The zero-order valence-corrected chi connectivity index (χ0v) is 20.6. The van der Waals surface area contributed by atoms with E-state index in [0.29, 0.717) is 45.1 Å². The van der Waals surface area contributed by atoms with Crippen LogP contribution in [0.3, 0.4) is 0 Å². The third-order valence-electron chi connectivity index (χ3n) is 5.78. The second kappa shape index (κ2) is 10.0. The Bertz CT molecular complexity index is 1290. The van der Waals surface area contributed by atoms with Crippen molar-refractivity contribution >= 4 is 34.3 Å². The summed E-state index contributed by atoms with van der Waals surface area (Å²) in [4.78, 5) is 27.4. The lowest BCUT2D eigenvalue weighted by Crippen LogP contribution is -2.11. The molecule has 180 valence electrons. The molecule has 0 saturated carbocycles. The molecule has 1 aliphatic heterocycles. The normalized spacial score (nSPS) is 13.8. The molecular weight excluding hydrogens is 442 g/mol. The van der Waals surface area contributed by atoms with Crippen LogP contribution in [0.2, 0.25) is 0 Å². The SMILES string of the molecule is COc1cc(OC)cc(C(Nc2ccc(CN(C)C)cc2)=C2C(=O)Nc3ccc(C(C)=O)cc32)c1. The van der Waals surface area contributed by atoms with Crippen LogP contribution < -0.4 is 20.1 Å². The van der Waals surface area contributed by atoms with E-state index in [1.165, 1.54) is 12.5 Å². The first-order valence-electron chi connectivity index (χ1n) is 11.2. The molecule has 0 aliphatic carbocycles. The van der Waals surface area contributed by atoms with Crippen LogP contribution in [0.25, 0.3) is 11.3 Å². The van der Waals surface area contributed by atoms with E-state index in [1.54, 1.807) is 38.5 Å². The Balaban J connectivity index is 1.90. The molecular formula is C28H29N3O4. The Morgan fingerprint density at radius 2 is 1.57 bits per heavy atom. The Morgan fingerprint density at radius 1 is 0.914 bits per heavy atom. The second-order valence-electron chi connectivity index (χ2n) is 8.68. The number of anilines is 2. The monoisotopic (exact) mass is 471 g/mol. The van der Waals surface area contributed by atoms with Crippen molar-refractivity contribution in [1.29, 1.82) is 0 Å². The number of carbonyl (C=O) groups excluding carboxylic acids is 2. The van der Waals surface area contributed by atoms with Crippen LogP contribution >= 0.6 is 0 Å². The van der Waals surface area contributed by atoms with Gasteiger partial charge in [-0.25, -0.2) is 0 Å². The number of rotatable bonds is 8. The zero-order valence-electron chi connectivity index (χ0n) is 20.6. The summed E-state index contributed by atoms with van der Waals surface area (Å²) in [6.07, 6.45) is 0. The number of ether oxygens (including phenoxy) is 2. The maximum atomic E-state index is 13.2. The number of benzene rings is 3. The topological polar surface area (TPSA) is 79.9 Å². The van der Waals surface area contributed by atoms with Crippen molar-refractivity contribution in [2.75, 3.05) is 38.9 Å². The van der Waals surface area contributed by atoms with E-state index in [-0.39, 0.29) is 11.7 Å². The molecule has 1 heterocycles. The maximum absolute atomic E-state index is 13.2. The summed E-state index contributed by atoms with van der Waals surface area (Å²) in [5.74, 6) is 0.864. The van der Waals surface area contributed by atoms with Gasteiger partial charge in [0.2, 0.25) is 0 Å².